The van der Waals surface area contributed by atoms with Crippen molar-refractivity contribution in [1.82, 2.24) is 0 Å². The fourth-order valence-corrected chi connectivity index (χ4v) is 4.44. The lowest BCUT2D eigenvalue weighted by Gasteiger charge is -2.27. The van der Waals surface area contributed by atoms with Crippen molar-refractivity contribution in [3.8, 4) is 5.75 Å². The second kappa shape index (κ2) is 11.3. The molecule has 0 aliphatic carbocycles. The Bertz CT molecular complexity index is 1600. The van der Waals surface area contributed by atoms with E-state index in [4.69, 9.17) is 4.74 Å². The smallest absolute Gasteiger partial charge is 0.381 e. The molecule has 40 heavy (non-hydrogen) atoms. The van der Waals surface area contributed by atoms with Gasteiger partial charge in [-0.15, -0.1) is 0 Å². The molecule has 1 heterocycles. The summed E-state index contributed by atoms with van der Waals surface area (Å²) in [5.74, 6) is -3.23. The summed E-state index contributed by atoms with van der Waals surface area (Å²) in [5.41, 5.74) is -5.24. The van der Waals surface area contributed by atoms with E-state index < -0.39 is 39.0 Å². The molecular formula is C27H21F3N2O7S. The molecule has 9 nitrogen and oxygen atoms in total. The number of nitrogens with zero attached hydrogens (tertiary/aromatic N) is 1. The predicted octanol–water partition coefficient (Wildman–Crippen LogP) is 4.31. The third-order valence-corrected chi connectivity index (χ3v) is 6.76. The van der Waals surface area contributed by atoms with Crippen LogP contribution in [0.3, 0.4) is 0 Å². The predicted molar refractivity (Wildman–Crippen MR) is 139 cm³/mol. The molecule has 0 aromatic heterocycles. The maximum Gasteiger partial charge on any atom is 0.534 e. The maximum atomic E-state index is 14.2. The van der Waals surface area contributed by atoms with Crippen molar-refractivity contribution in [2.24, 2.45) is 0 Å². The maximum absolute atomic E-state index is 14.2. The van der Waals surface area contributed by atoms with Gasteiger partial charge in [-0.2, -0.15) is 21.6 Å². The normalized spacial score (nSPS) is 13.6. The highest BCUT2D eigenvalue weighted by atomic mass is 32.2. The van der Waals surface area contributed by atoms with Crippen LogP contribution in [0.4, 0.5) is 24.5 Å². The number of carbonyl (C=O) groups excluding carboxylic acids is 3. The molecule has 3 aromatic rings. The lowest BCUT2D eigenvalue weighted by atomic mass is 9.98. The number of rotatable bonds is 9. The SMILES string of the molecule is COC/C=C(\C(=O)N(Cc1ccccc1)c1ccccc1OS(=O)(=O)C(F)(F)F)c1cccc2c1NC(=O)C2=O. The molecule has 1 aliphatic heterocycles. The van der Waals surface area contributed by atoms with Crippen LogP contribution in [0.5, 0.6) is 5.75 Å². The van der Waals surface area contributed by atoms with Gasteiger partial charge >= 0.3 is 15.6 Å². The number of ketones is 1. The minimum atomic E-state index is -6.07. The Morgan fingerprint density at radius 1 is 0.975 bits per heavy atom. The van der Waals surface area contributed by atoms with Crippen LogP contribution in [0, 0.1) is 0 Å². The van der Waals surface area contributed by atoms with Gasteiger partial charge in [-0.05, 0) is 29.8 Å². The highest BCUT2D eigenvalue weighted by molar-refractivity contribution is 7.88. The highest BCUT2D eigenvalue weighted by Gasteiger charge is 2.49. The molecule has 0 bridgehead atoms. The number of benzene rings is 3. The fraction of sp³-hybridized carbons (Fsp3) is 0.148. The zero-order valence-electron chi connectivity index (χ0n) is 20.8. The Hall–Kier alpha value is -4.49. The molecule has 4 rings (SSSR count). The number of Topliss-reactive ketones (excluding diaryl/α,β-unsaturated/α-hetero) is 1. The van der Waals surface area contributed by atoms with Crippen LogP contribution >= 0.6 is 0 Å². The van der Waals surface area contributed by atoms with E-state index in [1.54, 1.807) is 30.3 Å². The average Bonchev–Trinajstić information content (AvgIpc) is 3.21. The van der Waals surface area contributed by atoms with Gasteiger partial charge in [-0.1, -0.05) is 54.6 Å². The van der Waals surface area contributed by atoms with Crippen LogP contribution < -0.4 is 14.4 Å². The van der Waals surface area contributed by atoms with Crippen LogP contribution in [-0.2, 0) is 31.0 Å². The molecule has 2 amide bonds. The van der Waals surface area contributed by atoms with Crippen LogP contribution in [0.1, 0.15) is 21.5 Å². The second-order valence-corrected chi connectivity index (χ2v) is 9.95. The van der Waals surface area contributed by atoms with Gasteiger partial charge in [0.15, 0.2) is 5.75 Å². The first kappa shape index (κ1) is 28.5. The number of methoxy groups -OCH3 is 1. The molecule has 0 unspecified atom stereocenters. The van der Waals surface area contributed by atoms with Gasteiger partial charge in [0.25, 0.3) is 17.6 Å². The zero-order valence-corrected chi connectivity index (χ0v) is 21.6. The Kier molecular flexibility index (Phi) is 8.07. The Labute approximate surface area is 226 Å². The monoisotopic (exact) mass is 574 g/mol. The first-order valence-electron chi connectivity index (χ1n) is 11.6. The van der Waals surface area contributed by atoms with Gasteiger partial charge in [0, 0.05) is 18.2 Å². The van der Waals surface area contributed by atoms with Gasteiger partial charge < -0.3 is 19.1 Å². The lowest BCUT2D eigenvalue weighted by Crippen LogP contribution is -2.33. The van der Waals surface area contributed by atoms with Crippen LogP contribution in [0.15, 0.2) is 78.9 Å². The third kappa shape index (κ3) is 5.75. The van der Waals surface area contributed by atoms with Crippen molar-refractivity contribution < 1.29 is 44.9 Å². The number of halogens is 3. The number of carbonyl (C=O) groups is 3. The second-order valence-electron chi connectivity index (χ2n) is 8.41. The number of ether oxygens (including phenoxy) is 1. The summed E-state index contributed by atoms with van der Waals surface area (Å²) in [6.45, 7) is -0.302. The Morgan fingerprint density at radius 3 is 2.33 bits per heavy atom. The van der Waals surface area contributed by atoms with Gasteiger partial charge in [-0.25, -0.2) is 0 Å². The number of hydrogen-bond acceptors (Lipinski definition) is 7. The molecule has 3 aromatic carbocycles. The van der Waals surface area contributed by atoms with Gasteiger partial charge in [0.05, 0.1) is 30.1 Å². The Morgan fingerprint density at radius 2 is 1.65 bits per heavy atom. The van der Waals surface area contributed by atoms with E-state index in [1.165, 1.54) is 49.6 Å². The number of para-hydroxylation sites is 3. The summed E-state index contributed by atoms with van der Waals surface area (Å²) < 4.78 is 72.7. The molecule has 1 aliphatic rings. The number of nitrogens with one attached hydrogen (secondary N) is 1. The lowest BCUT2D eigenvalue weighted by molar-refractivity contribution is -0.113. The number of amides is 2. The summed E-state index contributed by atoms with van der Waals surface area (Å²) in [4.78, 5) is 39.6. The van der Waals surface area contributed by atoms with Gasteiger partial charge in [0.1, 0.15) is 0 Å². The molecule has 0 fully saturated rings. The third-order valence-electron chi connectivity index (χ3n) is 5.80. The summed E-state index contributed by atoms with van der Waals surface area (Å²) in [7, 11) is -4.70. The van der Waals surface area contributed by atoms with Crippen molar-refractivity contribution in [3.63, 3.8) is 0 Å². The first-order valence-corrected chi connectivity index (χ1v) is 13.0. The molecule has 208 valence electrons. The minimum absolute atomic E-state index is 0.0354. The number of alkyl halides is 3. The quantitative estimate of drug-likeness (QED) is 0.175. The van der Waals surface area contributed by atoms with E-state index in [1.807, 2.05) is 0 Å². The molecular weight excluding hydrogens is 553 g/mol. The first-order chi connectivity index (χ1) is 18.9. The van der Waals surface area contributed by atoms with E-state index in [0.717, 1.165) is 11.0 Å². The van der Waals surface area contributed by atoms with E-state index in [2.05, 4.69) is 9.50 Å². The summed E-state index contributed by atoms with van der Waals surface area (Å²) in [5, 5.41) is 2.45. The summed E-state index contributed by atoms with van der Waals surface area (Å²) in [6.07, 6.45) is 1.38. The molecule has 0 radical (unpaired) electrons. The minimum Gasteiger partial charge on any atom is -0.381 e. The number of anilines is 2. The molecule has 0 saturated carbocycles. The molecule has 1 N–H and O–H groups in total. The van der Waals surface area contributed by atoms with Crippen molar-refractivity contribution >= 4 is 44.7 Å². The summed E-state index contributed by atoms with van der Waals surface area (Å²) in [6, 6.07) is 17.6. The molecule has 0 spiro atoms. The van der Waals surface area contributed by atoms with Crippen molar-refractivity contribution in [1.29, 1.82) is 0 Å². The van der Waals surface area contributed by atoms with Crippen molar-refractivity contribution in [2.75, 3.05) is 23.9 Å². The zero-order chi connectivity index (χ0) is 29.1. The van der Waals surface area contributed by atoms with E-state index in [-0.39, 0.29) is 41.2 Å². The van der Waals surface area contributed by atoms with E-state index >= 15 is 0 Å². The molecule has 0 atom stereocenters. The standard InChI is InChI=1S/C27H21F3N2O7S/c1-38-15-14-19(18-10-7-11-20-23(18)31-25(34)24(20)33)26(35)32(16-17-8-3-2-4-9-17)21-12-5-6-13-22(21)39-40(36,37)27(28,29)30/h2-14H,15-16H2,1H3,(H,31,33,34)/b19-14-. The fourth-order valence-electron chi connectivity index (χ4n) is 3.97. The van der Waals surface area contributed by atoms with Crippen molar-refractivity contribution in [2.45, 2.75) is 12.1 Å². The average molecular weight is 575 g/mol. The van der Waals surface area contributed by atoms with E-state index in [9.17, 15) is 36.0 Å². The van der Waals surface area contributed by atoms with Crippen LogP contribution in [0.25, 0.3) is 5.57 Å². The van der Waals surface area contributed by atoms with Gasteiger partial charge in [-0.3, -0.25) is 14.4 Å². The molecule has 13 heteroatoms. The highest BCUT2D eigenvalue weighted by Crippen LogP contribution is 2.38. The topological polar surface area (TPSA) is 119 Å². The Balaban J connectivity index is 1.87. The number of fused-ring (bicyclic) bond motifs is 1. The summed E-state index contributed by atoms with van der Waals surface area (Å²) >= 11 is 0. The van der Waals surface area contributed by atoms with Crippen LogP contribution in [-0.4, -0.2) is 45.2 Å². The van der Waals surface area contributed by atoms with Crippen molar-refractivity contribution in [3.05, 3.63) is 95.6 Å². The number of hydrogen-bond donors (Lipinski definition) is 1. The van der Waals surface area contributed by atoms with Crippen LogP contribution in [0.2, 0.25) is 0 Å². The molecule has 0 saturated heterocycles. The van der Waals surface area contributed by atoms with Gasteiger partial charge in [0.2, 0.25) is 0 Å². The largest absolute Gasteiger partial charge is 0.534 e. The van der Waals surface area contributed by atoms with E-state index in [0.29, 0.717) is 5.56 Å².